The summed E-state index contributed by atoms with van der Waals surface area (Å²) in [6, 6.07) is 9.77. The van der Waals surface area contributed by atoms with E-state index in [9.17, 15) is 28.3 Å². The molecule has 0 bridgehead atoms. The van der Waals surface area contributed by atoms with Gasteiger partial charge in [0.25, 0.3) is 5.91 Å². The van der Waals surface area contributed by atoms with Crippen LogP contribution in [0, 0.1) is 11.3 Å². The number of halogens is 3. The summed E-state index contributed by atoms with van der Waals surface area (Å²) in [5.74, 6) is -0.785. The number of aryl methyl sites for hydroxylation is 1. The van der Waals surface area contributed by atoms with Gasteiger partial charge in [-0.05, 0) is 49.1 Å². The molecule has 11 heteroatoms. The van der Waals surface area contributed by atoms with Crippen molar-refractivity contribution in [3.05, 3.63) is 53.1 Å². The van der Waals surface area contributed by atoms with E-state index in [1.54, 1.807) is 12.1 Å². The average Bonchev–Trinajstić information content (AvgIpc) is 2.77. The van der Waals surface area contributed by atoms with E-state index >= 15 is 0 Å². The van der Waals surface area contributed by atoms with Gasteiger partial charge in [0.1, 0.15) is 18.1 Å². The summed E-state index contributed by atoms with van der Waals surface area (Å²) in [5.41, 5.74) is 6.44. The highest BCUT2D eigenvalue weighted by molar-refractivity contribution is 6.47. The second-order valence-corrected chi connectivity index (χ2v) is 7.46. The molecule has 0 spiro atoms. The molecule has 1 radical (unpaired) electrons. The zero-order valence-electron chi connectivity index (χ0n) is 18.2. The van der Waals surface area contributed by atoms with Crippen LogP contribution in [0.2, 0.25) is 0 Å². The number of alkyl halides is 3. The summed E-state index contributed by atoms with van der Waals surface area (Å²) < 4.78 is 46.4. The standard InChI is InChI=1S/C22H24BF3N3O4/c1-3-4-14-7-10-18(17(11-27)19(14)23-31)32-13-21(2,12-28)29-20(30)15-5-8-16(9-6-15)33-22(24,25)26/h5-10,31H,3-4,11,13,27H2,1-2H3,(H,29,30). The van der Waals surface area contributed by atoms with E-state index < -0.39 is 23.6 Å². The van der Waals surface area contributed by atoms with Gasteiger partial charge in [0.05, 0.1) is 6.07 Å². The van der Waals surface area contributed by atoms with Gasteiger partial charge in [-0.3, -0.25) is 4.79 Å². The highest BCUT2D eigenvalue weighted by atomic mass is 19.4. The maximum atomic E-state index is 12.5. The summed E-state index contributed by atoms with van der Waals surface area (Å²) in [6.45, 7) is 3.29. The molecule has 0 saturated heterocycles. The van der Waals surface area contributed by atoms with Gasteiger partial charge >= 0.3 is 13.8 Å². The first kappa shape index (κ1) is 26.0. The second kappa shape index (κ2) is 11.1. The van der Waals surface area contributed by atoms with Crippen molar-refractivity contribution in [1.29, 1.82) is 5.26 Å². The van der Waals surface area contributed by atoms with Crippen LogP contribution in [0.3, 0.4) is 0 Å². The van der Waals surface area contributed by atoms with Gasteiger partial charge in [-0.2, -0.15) is 5.26 Å². The van der Waals surface area contributed by atoms with E-state index in [1.807, 2.05) is 13.0 Å². The summed E-state index contributed by atoms with van der Waals surface area (Å²) in [4.78, 5) is 12.5. The number of nitrogens with zero attached hydrogens (tertiary/aromatic N) is 1. The van der Waals surface area contributed by atoms with Crippen LogP contribution in [0.5, 0.6) is 11.5 Å². The number of nitriles is 1. The van der Waals surface area contributed by atoms with E-state index in [2.05, 4.69) is 10.1 Å². The number of rotatable bonds is 10. The lowest BCUT2D eigenvalue weighted by molar-refractivity contribution is -0.274. The molecule has 1 atom stereocenters. The Morgan fingerprint density at radius 2 is 1.91 bits per heavy atom. The SMILES string of the molecule is CCCc1ccc(OCC(C)(C#N)NC(=O)c2ccc(OC(F)(F)F)cc2)c(CN)c1[B]O. The Morgan fingerprint density at radius 3 is 2.42 bits per heavy atom. The third-order valence-electron chi connectivity index (χ3n) is 4.76. The number of hydrogen-bond acceptors (Lipinski definition) is 6. The first-order chi connectivity index (χ1) is 15.6. The van der Waals surface area contributed by atoms with Crippen LogP contribution in [-0.2, 0) is 13.0 Å². The highest BCUT2D eigenvalue weighted by Crippen LogP contribution is 2.23. The van der Waals surface area contributed by atoms with E-state index in [0.717, 1.165) is 50.2 Å². The molecule has 1 unspecified atom stereocenters. The van der Waals surface area contributed by atoms with Crippen molar-refractivity contribution in [2.75, 3.05) is 6.61 Å². The molecular weight excluding hydrogens is 438 g/mol. The number of carbonyl (C=O) groups is 1. The first-order valence-electron chi connectivity index (χ1n) is 10.1. The minimum Gasteiger partial charge on any atom is -0.490 e. The number of amides is 1. The van der Waals surface area contributed by atoms with Crippen LogP contribution < -0.4 is 26.0 Å². The topological polar surface area (TPSA) is 118 Å². The Labute approximate surface area is 190 Å². The van der Waals surface area contributed by atoms with Crippen molar-refractivity contribution in [2.45, 2.75) is 45.1 Å². The van der Waals surface area contributed by atoms with Crippen molar-refractivity contribution in [3.63, 3.8) is 0 Å². The van der Waals surface area contributed by atoms with Gasteiger partial charge in [-0.1, -0.05) is 25.0 Å². The van der Waals surface area contributed by atoms with Crippen LogP contribution in [-0.4, -0.2) is 36.9 Å². The minimum absolute atomic E-state index is 0.0368. The lowest BCUT2D eigenvalue weighted by Crippen LogP contribution is -2.49. The zero-order chi connectivity index (χ0) is 24.6. The van der Waals surface area contributed by atoms with Gasteiger partial charge in [0, 0.05) is 17.7 Å². The fraction of sp³-hybridized carbons (Fsp3) is 0.364. The molecule has 0 saturated carbocycles. The highest BCUT2D eigenvalue weighted by Gasteiger charge is 2.31. The Balaban J connectivity index is 2.13. The molecule has 4 N–H and O–H groups in total. The quantitative estimate of drug-likeness (QED) is 0.467. The van der Waals surface area contributed by atoms with Crippen molar-refractivity contribution < 1.29 is 32.5 Å². The fourth-order valence-corrected chi connectivity index (χ4v) is 3.14. The molecule has 175 valence electrons. The largest absolute Gasteiger partial charge is 0.573 e. The fourth-order valence-electron chi connectivity index (χ4n) is 3.14. The van der Waals surface area contributed by atoms with Gasteiger partial charge in [0.15, 0.2) is 5.54 Å². The molecule has 0 aromatic heterocycles. The predicted molar refractivity (Wildman–Crippen MR) is 116 cm³/mol. The normalized spacial score (nSPS) is 12.9. The molecule has 1 amide bonds. The smallest absolute Gasteiger partial charge is 0.490 e. The molecule has 7 nitrogen and oxygen atoms in total. The molecule has 0 aliphatic carbocycles. The number of nitrogens with two attached hydrogens (primary N) is 1. The van der Waals surface area contributed by atoms with Crippen LogP contribution in [0.15, 0.2) is 36.4 Å². The third kappa shape index (κ3) is 7.13. The Kier molecular flexibility index (Phi) is 8.73. The second-order valence-electron chi connectivity index (χ2n) is 7.46. The Hall–Kier alpha value is -3.23. The van der Waals surface area contributed by atoms with Crippen LogP contribution in [0.4, 0.5) is 13.2 Å². The number of benzene rings is 2. The number of nitrogens with one attached hydrogen (secondary N) is 1. The van der Waals surface area contributed by atoms with E-state index in [-0.39, 0.29) is 18.7 Å². The lowest BCUT2D eigenvalue weighted by atomic mass is 9.78. The maximum Gasteiger partial charge on any atom is 0.573 e. The lowest BCUT2D eigenvalue weighted by Gasteiger charge is -2.25. The van der Waals surface area contributed by atoms with Gasteiger partial charge < -0.3 is 25.5 Å². The van der Waals surface area contributed by atoms with Gasteiger partial charge in [-0.15, -0.1) is 13.2 Å². The zero-order valence-corrected chi connectivity index (χ0v) is 18.2. The molecule has 0 aliphatic rings. The Bertz CT molecular complexity index is 1010. The molecule has 0 fully saturated rings. The molecular formula is C22H24BF3N3O4. The van der Waals surface area contributed by atoms with Crippen molar-refractivity contribution in [3.8, 4) is 17.6 Å². The number of carbonyl (C=O) groups excluding carboxylic acids is 1. The number of hydrogen-bond donors (Lipinski definition) is 3. The third-order valence-corrected chi connectivity index (χ3v) is 4.76. The summed E-state index contributed by atoms with van der Waals surface area (Å²) in [5, 5.41) is 21.8. The van der Waals surface area contributed by atoms with Crippen molar-refractivity contribution in [2.24, 2.45) is 5.73 Å². The molecule has 2 aromatic carbocycles. The van der Waals surface area contributed by atoms with E-state index in [0.29, 0.717) is 16.8 Å². The first-order valence-corrected chi connectivity index (χ1v) is 10.1. The minimum atomic E-state index is -4.84. The number of ether oxygens (including phenoxy) is 2. The summed E-state index contributed by atoms with van der Waals surface area (Å²) >= 11 is 0. The molecule has 2 rings (SSSR count). The van der Waals surface area contributed by atoms with Crippen LogP contribution in [0.1, 0.15) is 41.8 Å². The van der Waals surface area contributed by atoms with Crippen LogP contribution in [0.25, 0.3) is 0 Å². The molecule has 33 heavy (non-hydrogen) atoms. The van der Waals surface area contributed by atoms with E-state index in [4.69, 9.17) is 10.5 Å². The van der Waals surface area contributed by atoms with Crippen molar-refractivity contribution >= 4 is 18.9 Å². The monoisotopic (exact) mass is 462 g/mol. The molecule has 0 aliphatic heterocycles. The summed E-state index contributed by atoms with van der Waals surface area (Å²) in [6.07, 6.45) is -3.24. The predicted octanol–water partition coefficient (Wildman–Crippen LogP) is 2.32. The van der Waals surface area contributed by atoms with Crippen LogP contribution >= 0.6 is 0 Å². The average molecular weight is 462 g/mol. The van der Waals surface area contributed by atoms with Crippen molar-refractivity contribution in [1.82, 2.24) is 5.32 Å². The van der Waals surface area contributed by atoms with Gasteiger partial charge in [-0.25, -0.2) is 0 Å². The maximum absolute atomic E-state index is 12.5. The van der Waals surface area contributed by atoms with Gasteiger partial charge in [0.2, 0.25) is 0 Å². The molecule has 2 aromatic rings. The summed E-state index contributed by atoms with van der Waals surface area (Å²) in [7, 11) is 0.970. The molecule has 0 heterocycles. The Morgan fingerprint density at radius 1 is 1.24 bits per heavy atom. The van der Waals surface area contributed by atoms with E-state index in [1.165, 1.54) is 6.92 Å².